The Morgan fingerprint density at radius 3 is 2.50 bits per heavy atom. The van der Waals surface area contributed by atoms with Crippen LogP contribution in [0.15, 0.2) is 47.4 Å². The molecule has 0 amide bonds. The molecule has 2 aromatic rings. The third-order valence-corrected chi connectivity index (χ3v) is 5.14. The number of ketones is 1. The quantitative estimate of drug-likeness (QED) is 0.747. The fourth-order valence-electron chi connectivity index (χ4n) is 2.29. The average Bonchev–Trinajstić information content (AvgIpc) is 2.50. The van der Waals surface area contributed by atoms with Gasteiger partial charge in [0.25, 0.3) is 10.0 Å². The summed E-state index contributed by atoms with van der Waals surface area (Å²) in [6, 6.07) is 9.87. The van der Waals surface area contributed by atoms with Crippen molar-refractivity contribution in [3.63, 3.8) is 0 Å². The molecule has 1 heterocycles. The molecule has 6 heteroatoms. The number of hydrogen-bond donors (Lipinski definition) is 0. The van der Waals surface area contributed by atoms with Crippen LogP contribution in [0, 0.1) is 5.82 Å². The highest BCUT2D eigenvalue weighted by Crippen LogP contribution is 2.34. The lowest BCUT2D eigenvalue weighted by atomic mass is 10.0. The van der Waals surface area contributed by atoms with Gasteiger partial charge in [-0.2, -0.15) is 0 Å². The molecule has 0 radical (unpaired) electrons. The normalized spacial score (nSPS) is 16.3. The molecule has 0 fully saturated rings. The molecule has 1 aliphatic heterocycles. The van der Waals surface area contributed by atoms with Gasteiger partial charge >= 0.3 is 0 Å². The van der Waals surface area contributed by atoms with Crippen molar-refractivity contribution in [2.45, 2.75) is 4.90 Å². The van der Waals surface area contributed by atoms with Crippen LogP contribution in [0.2, 0.25) is 0 Å². The molecule has 102 valence electrons. The number of hydrogen-bond acceptors (Lipinski definition) is 3. The fraction of sp³-hybridized carbons (Fsp3) is 0.0714. The fourth-order valence-corrected chi connectivity index (χ4v) is 3.70. The van der Waals surface area contributed by atoms with E-state index in [0.29, 0.717) is 0 Å². The summed E-state index contributed by atoms with van der Waals surface area (Å²) >= 11 is 0. The highest BCUT2D eigenvalue weighted by Gasteiger charge is 2.35. The van der Waals surface area contributed by atoms with Crippen LogP contribution in [-0.4, -0.2) is 21.2 Å². The van der Waals surface area contributed by atoms with Crippen molar-refractivity contribution < 1.29 is 17.6 Å². The zero-order valence-electron chi connectivity index (χ0n) is 10.5. The van der Waals surface area contributed by atoms with Crippen LogP contribution < -0.4 is 4.31 Å². The molecule has 20 heavy (non-hydrogen) atoms. The summed E-state index contributed by atoms with van der Waals surface area (Å²) in [5.41, 5.74) is 0.0137. The van der Waals surface area contributed by atoms with Crippen molar-refractivity contribution in [1.82, 2.24) is 0 Å². The van der Waals surface area contributed by atoms with Gasteiger partial charge in [0.05, 0.1) is 11.3 Å². The third kappa shape index (κ3) is 1.58. The molecule has 0 bridgehead atoms. The summed E-state index contributed by atoms with van der Waals surface area (Å²) in [5, 5.41) is 0. The number of carbonyl (C=O) groups is 1. The number of sulfonamides is 1. The van der Waals surface area contributed by atoms with Crippen LogP contribution in [0.5, 0.6) is 0 Å². The van der Waals surface area contributed by atoms with Gasteiger partial charge in [-0.25, -0.2) is 12.8 Å². The number of halogens is 1. The van der Waals surface area contributed by atoms with E-state index in [1.165, 1.54) is 31.3 Å². The zero-order valence-corrected chi connectivity index (χ0v) is 11.3. The molecule has 0 unspecified atom stereocenters. The lowest BCUT2D eigenvalue weighted by molar-refractivity contribution is 0.103. The van der Waals surface area contributed by atoms with Crippen LogP contribution in [0.3, 0.4) is 0 Å². The summed E-state index contributed by atoms with van der Waals surface area (Å²) in [4.78, 5) is 12.1. The zero-order chi connectivity index (χ0) is 14.5. The molecule has 0 aromatic heterocycles. The highest BCUT2D eigenvalue weighted by atomic mass is 32.2. The van der Waals surface area contributed by atoms with E-state index in [4.69, 9.17) is 0 Å². The van der Waals surface area contributed by atoms with Gasteiger partial charge in [0.2, 0.25) is 0 Å². The SMILES string of the molecule is CN1c2ccccc2C(=O)c2c(F)cccc2S1(=O)=O. The van der Waals surface area contributed by atoms with Gasteiger partial charge in [-0.05, 0) is 24.3 Å². The van der Waals surface area contributed by atoms with Crippen molar-refractivity contribution in [1.29, 1.82) is 0 Å². The van der Waals surface area contributed by atoms with Crippen molar-refractivity contribution in [3.8, 4) is 0 Å². The predicted molar refractivity (Wildman–Crippen MR) is 71.9 cm³/mol. The van der Waals surface area contributed by atoms with E-state index in [1.807, 2.05) is 0 Å². The molecule has 0 aliphatic carbocycles. The molecule has 3 rings (SSSR count). The van der Waals surface area contributed by atoms with Gasteiger partial charge in [0, 0.05) is 12.6 Å². The molecule has 1 aliphatic rings. The smallest absolute Gasteiger partial charge is 0.264 e. The summed E-state index contributed by atoms with van der Waals surface area (Å²) in [5.74, 6) is -1.46. The van der Waals surface area contributed by atoms with Gasteiger partial charge in [-0.15, -0.1) is 0 Å². The van der Waals surface area contributed by atoms with E-state index in [0.717, 1.165) is 10.4 Å². The van der Waals surface area contributed by atoms with Crippen molar-refractivity contribution in [2.75, 3.05) is 11.4 Å². The highest BCUT2D eigenvalue weighted by molar-refractivity contribution is 7.93. The minimum absolute atomic E-state index is 0.169. The summed E-state index contributed by atoms with van der Waals surface area (Å²) in [7, 11) is -2.60. The molecule has 0 saturated heterocycles. The molecular weight excluding hydrogens is 281 g/mol. The molecule has 0 atom stereocenters. The first-order valence-electron chi connectivity index (χ1n) is 5.86. The van der Waals surface area contributed by atoms with E-state index in [2.05, 4.69) is 0 Å². The Balaban J connectivity index is 2.48. The van der Waals surface area contributed by atoms with Gasteiger partial charge in [-0.3, -0.25) is 9.10 Å². The third-order valence-electron chi connectivity index (χ3n) is 3.33. The molecule has 4 nitrogen and oxygen atoms in total. The van der Waals surface area contributed by atoms with Gasteiger partial charge in [0.1, 0.15) is 10.7 Å². The minimum atomic E-state index is -3.95. The first-order valence-corrected chi connectivity index (χ1v) is 7.30. The Morgan fingerprint density at radius 2 is 1.75 bits per heavy atom. The van der Waals surface area contributed by atoms with Crippen LogP contribution in [0.1, 0.15) is 15.9 Å². The second-order valence-electron chi connectivity index (χ2n) is 4.43. The summed E-state index contributed by atoms with van der Waals surface area (Å²) in [6.45, 7) is 0. The maximum atomic E-state index is 14.0. The summed E-state index contributed by atoms with van der Waals surface area (Å²) in [6.07, 6.45) is 0. The molecule has 0 spiro atoms. The van der Waals surface area contributed by atoms with E-state index >= 15 is 0 Å². The number of anilines is 1. The van der Waals surface area contributed by atoms with E-state index < -0.39 is 27.2 Å². The van der Waals surface area contributed by atoms with Crippen LogP contribution in [-0.2, 0) is 10.0 Å². The van der Waals surface area contributed by atoms with Crippen LogP contribution in [0.25, 0.3) is 0 Å². The van der Waals surface area contributed by atoms with E-state index in [1.54, 1.807) is 12.1 Å². The topological polar surface area (TPSA) is 54.5 Å². The standard InChI is InChI=1S/C14H10FNO3S/c1-16-11-7-3-2-5-9(11)14(17)13-10(15)6-4-8-12(13)20(16,18)19/h2-8H,1H3. The van der Waals surface area contributed by atoms with E-state index in [-0.39, 0.29) is 16.1 Å². The molecular formula is C14H10FNO3S. The summed E-state index contributed by atoms with van der Waals surface area (Å²) < 4.78 is 40.0. The number of benzene rings is 2. The second kappa shape index (κ2) is 4.14. The minimum Gasteiger partial charge on any atom is -0.288 e. The first kappa shape index (κ1) is 12.8. The number of fused-ring (bicyclic) bond motifs is 2. The Morgan fingerprint density at radius 1 is 1.05 bits per heavy atom. The Labute approximate surface area is 115 Å². The largest absolute Gasteiger partial charge is 0.288 e. The first-order chi connectivity index (χ1) is 9.44. The second-order valence-corrected chi connectivity index (χ2v) is 6.37. The lowest BCUT2D eigenvalue weighted by Gasteiger charge is -2.18. The monoisotopic (exact) mass is 291 g/mol. The van der Waals surface area contributed by atoms with Crippen molar-refractivity contribution >= 4 is 21.5 Å². The molecule has 0 saturated carbocycles. The average molecular weight is 291 g/mol. The lowest BCUT2D eigenvalue weighted by Crippen LogP contribution is -2.26. The number of rotatable bonds is 0. The van der Waals surface area contributed by atoms with Crippen molar-refractivity contribution in [2.24, 2.45) is 0 Å². The Hall–Kier alpha value is -2.21. The molecule has 2 aromatic carbocycles. The Kier molecular flexibility index (Phi) is 2.65. The van der Waals surface area contributed by atoms with Crippen molar-refractivity contribution in [3.05, 3.63) is 59.4 Å². The van der Waals surface area contributed by atoms with Crippen LogP contribution >= 0.6 is 0 Å². The van der Waals surface area contributed by atoms with Gasteiger partial charge in [0.15, 0.2) is 5.78 Å². The Bertz CT molecular complexity index is 830. The molecule has 0 N–H and O–H groups in total. The van der Waals surface area contributed by atoms with Crippen LogP contribution in [0.4, 0.5) is 10.1 Å². The maximum absolute atomic E-state index is 14.0. The number of carbonyl (C=O) groups excluding carboxylic acids is 1. The van der Waals surface area contributed by atoms with E-state index in [9.17, 15) is 17.6 Å². The maximum Gasteiger partial charge on any atom is 0.264 e. The van der Waals surface area contributed by atoms with Gasteiger partial charge in [-0.1, -0.05) is 18.2 Å². The number of nitrogens with zero attached hydrogens (tertiary/aromatic N) is 1. The number of para-hydroxylation sites is 1. The predicted octanol–water partition coefficient (Wildman–Crippen LogP) is 2.20. The van der Waals surface area contributed by atoms with Gasteiger partial charge < -0.3 is 0 Å².